The molecule has 0 bridgehead atoms. The summed E-state index contributed by atoms with van der Waals surface area (Å²) in [5.74, 6) is -0.209. The van der Waals surface area contributed by atoms with Crippen molar-refractivity contribution in [1.29, 1.82) is 0 Å². The minimum absolute atomic E-state index is 0.209. The van der Waals surface area contributed by atoms with Crippen molar-refractivity contribution >= 4 is 16.4 Å². The van der Waals surface area contributed by atoms with Gasteiger partial charge in [0, 0.05) is 28.9 Å². The number of aryl methyl sites for hydroxylation is 1. The predicted molar refractivity (Wildman–Crippen MR) is 57.4 cm³/mol. The van der Waals surface area contributed by atoms with Gasteiger partial charge in [0.1, 0.15) is 11.5 Å². The van der Waals surface area contributed by atoms with Crippen LogP contribution in [0.1, 0.15) is 5.69 Å². The number of hydrogen-bond donors (Lipinski definition) is 0. The van der Waals surface area contributed by atoms with E-state index >= 15 is 0 Å². The van der Waals surface area contributed by atoms with Crippen LogP contribution in [-0.2, 0) is 0 Å². The van der Waals surface area contributed by atoms with Crippen molar-refractivity contribution in [2.45, 2.75) is 6.92 Å². The molecule has 0 saturated heterocycles. The summed E-state index contributed by atoms with van der Waals surface area (Å²) in [4.78, 5) is 4.28. The van der Waals surface area contributed by atoms with Crippen molar-refractivity contribution < 1.29 is 4.39 Å². The summed E-state index contributed by atoms with van der Waals surface area (Å²) >= 11 is 0. The second kappa shape index (κ2) is 2.79. The van der Waals surface area contributed by atoms with Gasteiger partial charge in [-0.3, -0.25) is 0 Å². The number of benzene rings is 1. The van der Waals surface area contributed by atoms with Crippen molar-refractivity contribution in [2.75, 3.05) is 0 Å². The Kier molecular flexibility index (Phi) is 1.57. The SMILES string of the molecule is Cc1cnc2c3ccccc3c(F)cn12. The van der Waals surface area contributed by atoms with Crippen molar-refractivity contribution in [3.63, 3.8) is 0 Å². The molecule has 0 spiro atoms. The predicted octanol–water partition coefficient (Wildman–Crippen LogP) is 2.94. The fraction of sp³-hybridized carbons (Fsp3) is 0.0833. The molecule has 0 unspecified atom stereocenters. The maximum atomic E-state index is 13.7. The van der Waals surface area contributed by atoms with Crippen molar-refractivity contribution in [3.05, 3.63) is 48.2 Å². The van der Waals surface area contributed by atoms with Crippen LogP contribution in [0.25, 0.3) is 16.4 Å². The highest BCUT2D eigenvalue weighted by Gasteiger charge is 2.07. The third-order valence-electron chi connectivity index (χ3n) is 2.65. The van der Waals surface area contributed by atoms with Gasteiger partial charge < -0.3 is 4.40 Å². The average molecular weight is 200 g/mol. The number of fused-ring (bicyclic) bond motifs is 3. The lowest BCUT2D eigenvalue weighted by atomic mass is 10.1. The Balaban J connectivity index is 2.65. The van der Waals surface area contributed by atoms with E-state index in [2.05, 4.69) is 4.98 Å². The van der Waals surface area contributed by atoms with Crippen LogP contribution in [0.3, 0.4) is 0 Å². The zero-order chi connectivity index (χ0) is 10.4. The lowest BCUT2D eigenvalue weighted by Crippen LogP contribution is -1.91. The molecule has 2 heterocycles. The van der Waals surface area contributed by atoms with Gasteiger partial charge in [-0.2, -0.15) is 0 Å². The van der Waals surface area contributed by atoms with Crippen LogP contribution >= 0.6 is 0 Å². The van der Waals surface area contributed by atoms with E-state index in [4.69, 9.17) is 0 Å². The van der Waals surface area contributed by atoms with E-state index in [1.807, 2.05) is 25.1 Å². The van der Waals surface area contributed by atoms with Gasteiger partial charge in [0.05, 0.1) is 0 Å². The van der Waals surface area contributed by atoms with Crippen molar-refractivity contribution in [1.82, 2.24) is 9.38 Å². The van der Waals surface area contributed by atoms with E-state index < -0.39 is 0 Å². The molecule has 15 heavy (non-hydrogen) atoms. The van der Waals surface area contributed by atoms with Gasteiger partial charge in [0.15, 0.2) is 0 Å². The summed E-state index contributed by atoms with van der Waals surface area (Å²) in [6.07, 6.45) is 3.24. The Bertz CT molecular complexity index is 655. The number of hydrogen-bond acceptors (Lipinski definition) is 1. The lowest BCUT2D eigenvalue weighted by molar-refractivity contribution is 0.631. The molecule has 3 aromatic rings. The molecule has 0 aliphatic rings. The first-order valence-corrected chi connectivity index (χ1v) is 4.78. The van der Waals surface area contributed by atoms with Crippen LogP contribution in [-0.4, -0.2) is 9.38 Å². The molecule has 0 saturated carbocycles. The fourth-order valence-corrected chi connectivity index (χ4v) is 1.88. The quantitative estimate of drug-likeness (QED) is 0.545. The summed E-state index contributed by atoms with van der Waals surface area (Å²) in [5.41, 5.74) is 1.75. The molecular formula is C12H9FN2. The smallest absolute Gasteiger partial charge is 0.147 e. The Hall–Kier alpha value is -1.90. The standard InChI is InChI=1S/C12H9FN2/c1-8-6-14-12-10-5-3-2-4-9(10)11(13)7-15(8)12/h2-7H,1H3. The Morgan fingerprint density at radius 2 is 1.93 bits per heavy atom. The highest BCUT2D eigenvalue weighted by atomic mass is 19.1. The van der Waals surface area contributed by atoms with E-state index in [-0.39, 0.29) is 5.82 Å². The van der Waals surface area contributed by atoms with Gasteiger partial charge in [0.25, 0.3) is 0 Å². The number of nitrogens with zero attached hydrogens (tertiary/aromatic N) is 2. The molecule has 3 rings (SSSR count). The Morgan fingerprint density at radius 3 is 2.73 bits per heavy atom. The van der Waals surface area contributed by atoms with E-state index in [9.17, 15) is 4.39 Å². The topological polar surface area (TPSA) is 17.3 Å². The first kappa shape index (κ1) is 8.41. The second-order valence-electron chi connectivity index (χ2n) is 3.62. The minimum atomic E-state index is -0.209. The number of imidazole rings is 1. The molecule has 74 valence electrons. The van der Waals surface area contributed by atoms with Crippen LogP contribution in [0.15, 0.2) is 36.7 Å². The van der Waals surface area contributed by atoms with Gasteiger partial charge in [0.2, 0.25) is 0 Å². The van der Waals surface area contributed by atoms with Crippen LogP contribution in [0.5, 0.6) is 0 Å². The van der Waals surface area contributed by atoms with Gasteiger partial charge in [-0.1, -0.05) is 24.3 Å². The highest BCUT2D eigenvalue weighted by molar-refractivity contribution is 5.94. The van der Waals surface area contributed by atoms with E-state index in [1.165, 1.54) is 6.20 Å². The van der Waals surface area contributed by atoms with Crippen LogP contribution in [0.2, 0.25) is 0 Å². The molecule has 0 amide bonds. The molecule has 0 aliphatic carbocycles. The van der Waals surface area contributed by atoms with Crippen LogP contribution in [0, 0.1) is 12.7 Å². The average Bonchev–Trinajstić information content (AvgIpc) is 2.62. The first-order chi connectivity index (χ1) is 7.27. The first-order valence-electron chi connectivity index (χ1n) is 4.78. The van der Waals surface area contributed by atoms with Gasteiger partial charge in [-0.25, -0.2) is 9.37 Å². The molecule has 0 radical (unpaired) electrons. The summed E-state index contributed by atoms with van der Waals surface area (Å²) in [6, 6.07) is 7.39. The summed E-state index contributed by atoms with van der Waals surface area (Å²) in [7, 11) is 0. The second-order valence-corrected chi connectivity index (χ2v) is 3.62. The van der Waals surface area contributed by atoms with Gasteiger partial charge >= 0.3 is 0 Å². The van der Waals surface area contributed by atoms with Crippen molar-refractivity contribution in [3.8, 4) is 0 Å². The number of rotatable bonds is 0. The maximum absolute atomic E-state index is 13.7. The zero-order valence-corrected chi connectivity index (χ0v) is 8.24. The zero-order valence-electron chi connectivity index (χ0n) is 8.24. The molecule has 3 heteroatoms. The largest absolute Gasteiger partial charge is 0.301 e. The molecule has 0 fully saturated rings. The fourth-order valence-electron chi connectivity index (χ4n) is 1.88. The summed E-state index contributed by atoms with van der Waals surface area (Å²) < 4.78 is 15.5. The van der Waals surface area contributed by atoms with Crippen LogP contribution < -0.4 is 0 Å². The van der Waals surface area contributed by atoms with Gasteiger partial charge in [-0.05, 0) is 6.92 Å². The Labute approximate surface area is 86.0 Å². The summed E-state index contributed by atoms with van der Waals surface area (Å²) in [6.45, 7) is 1.91. The molecular weight excluding hydrogens is 191 g/mol. The Morgan fingerprint density at radius 1 is 1.20 bits per heavy atom. The van der Waals surface area contributed by atoms with E-state index in [0.29, 0.717) is 5.39 Å². The highest BCUT2D eigenvalue weighted by Crippen LogP contribution is 2.22. The van der Waals surface area contributed by atoms with Crippen LogP contribution in [0.4, 0.5) is 4.39 Å². The van der Waals surface area contributed by atoms with Gasteiger partial charge in [-0.15, -0.1) is 0 Å². The normalized spacial score (nSPS) is 11.3. The number of aromatic nitrogens is 2. The van der Waals surface area contributed by atoms with Crippen molar-refractivity contribution in [2.24, 2.45) is 0 Å². The number of pyridine rings is 1. The molecule has 2 nitrogen and oxygen atoms in total. The summed E-state index contributed by atoms with van der Waals surface area (Å²) in [5, 5.41) is 1.47. The minimum Gasteiger partial charge on any atom is -0.301 e. The molecule has 2 aromatic heterocycles. The van der Waals surface area contributed by atoms with E-state index in [1.54, 1.807) is 16.7 Å². The number of halogens is 1. The molecule has 0 N–H and O–H groups in total. The monoisotopic (exact) mass is 200 g/mol. The maximum Gasteiger partial charge on any atom is 0.147 e. The molecule has 1 aromatic carbocycles. The third-order valence-corrected chi connectivity index (χ3v) is 2.65. The van der Waals surface area contributed by atoms with E-state index in [0.717, 1.165) is 16.7 Å². The molecule has 0 aliphatic heterocycles. The lowest BCUT2D eigenvalue weighted by Gasteiger charge is -2.02. The third kappa shape index (κ3) is 1.06. The molecule has 0 atom stereocenters.